The van der Waals surface area contributed by atoms with Gasteiger partial charge in [0.1, 0.15) is 5.84 Å². The van der Waals surface area contributed by atoms with Gasteiger partial charge in [-0.1, -0.05) is 26.0 Å². The summed E-state index contributed by atoms with van der Waals surface area (Å²) in [7, 11) is -3.46. The first kappa shape index (κ1) is 12.9. The summed E-state index contributed by atoms with van der Waals surface area (Å²) in [5, 5.41) is 3.27. The third kappa shape index (κ3) is 2.64. The van der Waals surface area contributed by atoms with Crippen molar-refractivity contribution in [2.75, 3.05) is 11.9 Å². The van der Waals surface area contributed by atoms with Gasteiger partial charge in [0.05, 0.1) is 5.75 Å². The lowest BCUT2D eigenvalue weighted by atomic mass is 10.0. The summed E-state index contributed by atoms with van der Waals surface area (Å²) in [4.78, 5) is 0. The van der Waals surface area contributed by atoms with Crippen LogP contribution in [-0.4, -0.2) is 20.8 Å². The number of sulfonamides is 1. The molecule has 0 unspecified atom stereocenters. The molecule has 2 rings (SSSR count). The zero-order valence-electron chi connectivity index (χ0n) is 10.5. The molecule has 0 bridgehead atoms. The number of hydrogen-bond acceptors (Lipinski definition) is 4. The largest absolute Gasteiger partial charge is 0.384 e. The van der Waals surface area contributed by atoms with Gasteiger partial charge < -0.3 is 11.1 Å². The summed E-state index contributed by atoms with van der Waals surface area (Å²) in [6, 6.07) is 5.49. The maximum Gasteiger partial charge on any atom is 0.259 e. The van der Waals surface area contributed by atoms with Gasteiger partial charge in [-0.3, -0.25) is 0 Å². The molecule has 0 saturated carbocycles. The van der Waals surface area contributed by atoms with Crippen molar-refractivity contribution in [3.63, 3.8) is 0 Å². The molecular weight excluding hydrogens is 250 g/mol. The summed E-state index contributed by atoms with van der Waals surface area (Å²) in [5.74, 6) is 0.481. The monoisotopic (exact) mass is 267 g/mol. The second-order valence-electron chi connectivity index (χ2n) is 4.82. The molecule has 0 spiro atoms. The molecule has 3 N–H and O–H groups in total. The Hall–Kier alpha value is -1.56. The zero-order valence-corrected chi connectivity index (χ0v) is 11.3. The summed E-state index contributed by atoms with van der Waals surface area (Å²) in [5.41, 5.74) is 8.03. The summed E-state index contributed by atoms with van der Waals surface area (Å²) < 4.78 is 26.6. The number of benzene rings is 1. The molecule has 1 aliphatic rings. The lowest BCUT2D eigenvalue weighted by Gasteiger charge is -2.19. The van der Waals surface area contributed by atoms with Crippen molar-refractivity contribution in [3.8, 4) is 0 Å². The van der Waals surface area contributed by atoms with Crippen molar-refractivity contribution in [2.24, 2.45) is 16.0 Å². The van der Waals surface area contributed by atoms with Crippen LogP contribution in [0.15, 0.2) is 22.6 Å². The number of amidine groups is 1. The van der Waals surface area contributed by atoms with Crippen molar-refractivity contribution in [3.05, 3.63) is 29.3 Å². The predicted octanol–water partition coefficient (Wildman–Crippen LogP) is 1.30. The molecule has 0 saturated heterocycles. The quantitative estimate of drug-likeness (QED) is 0.864. The number of hydrogen-bond donors (Lipinski definition) is 2. The molecule has 1 aromatic carbocycles. The summed E-state index contributed by atoms with van der Waals surface area (Å²) in [6.45, 7) is 5.01. The van der Waals surface area contributed by atoms with E-state index in [1.54, 1.807) is 6.07 Å². The van der Waals surface area contributed by atoms with E-state index in [-0.39, 0.29) is 11.6 Å². The Labute approximate surface area is 107 Å². The van der Waals surface area contributed by atoms with Gasteiger partial charge in [-0.05, 0) is 17.5 Å². The van der Waals surface area contributed by atoms with E-state index in [1.807, 2.05) is 12.1 Å². The van der Waals surface area contributed by atoms with E-state index in [4.69, 9.17) is 5.73 Å². The topological polar surface area (TPSA) is 84.5 Å². The molecule has 98 valence electrons. The molecule has 0 radical (unpaired) electrons. The highest BCUT2D eigenvalue weighted by Gasteiger charge is 2.24. The maximum absolute atomic E-state index is 11.5. The van der Waals surface area contributed by atoms with Crippen molar-refractivity contribution in [2.45, 2.75) is 19.6 Å². The third-order valence-electron chi connectivity index (χ3n) is 2.68. The molecular formula is C12H17N3O2S. The summed E-state index contributed by atoms with van der Waals surface area (Å²) >= 11 is 0. The van der Waals surface area contributed by atoms with Gasteiger partial charge in [0.25, 0.3) is 10.0 Å². The standard InChI is InChI=1S/C12H17N3O2S/c1-8(2)6-14-10-5-3-4-9-7-18(16,17)15-12(13)11(9)10/h3-5,8,14H,6-7H2,1-2H3,(H2,13,15). The molecule has 0 amide bonds. The molecule has 0 atom stereocenters. The van der Waals surface area contributed by atoms with E-state index in [2.05, 4.69) is 23.6 Å². The molecule has 1 heterocycles. The van der Waals surface area contributed by atoms with Crippen LogP contribution in [0, 0.1) is 5.92 Å². The van der Waals surface area contributed by atoms with E-state index < -0.39 is 10.0 Å². The Bertz CT molecular complexity index is 591. The van der Waals surface area contributed by atoms with E-state index in [1.165, 1.54) is 0 Å². The Morgan fingerprint density at radius 2 is 2.17 bits per heavy atom. The number of nitrogens with two attached hydrogens (primary N) is 1. The highest BCUT2D eigenvalue weighted by Crippen LogP contribution is 2.26. The van der Waals surface area contributed by atoms with Crippen molar-refractivity contribution < 1.29 is 8.42 Å². The SMILES string of the molecule is CC(C)CNc1cccc2c1C(N)=NS(=O)(=O)C2. The van der Waals surface area contributed by atoms with Gasteiger partial charge in [-0.15, -0.1) is 4.40 Å². The number of fused-ring (bicyclic) bond motifs is 1. The van der Waals surface area contributed by atoms with E-state index in [0.717, 1.165) is 12.2 Å². The highest BCUT2D eigenvalue weighted by molar-refractivity contribution is 7.89. The van der Waals surface area contributed by atoms with E-state index in [0.29, 0.717) is 17.0 Å². The molecule has 0 aliphatic carbocycles. The molecule has 6 heteroatoms. The van der Waals surface area contributed by atoms with Gasteiger partial charge in [0, 0.05) is 17.8 Å². The second-order valence-corrected chi connectivity index (χ2v) is 6.45. The Kier molecular flexibility index (Phi) is 3.30. The van der Waals surface area contributed by atoms with Gasteiger partial charge in [-0.2, -0.15) is 0 Å². The summed E-state index contributed by atoms with van der Waals surface area (Å²) in [6.07, 6.45) is 0. The van der Waals surface area contributed by atoms with Crippen molar-refractivity contribution in [1.29, 1.82) is 0 Å². The van der Waals surface area contributed by atoms with Crippen LogP contribution in [0.1, 0.15) is 25.0 Å². The lowest BCUT2D eigenvalue weighted by molar-refractivity contribution is 0.596. The minimum Gasteiger partial charge on any atom is -0.384 e. The number of nitrogens with zero attached hydrogens (tertiary/aromatic N) is 1. The van der Waals surface area contributed by atoms with E-state index >= 15 is 0 Å². The fourth-order valence-electron chi connectivity index (χ4n) is 1.91. The Balaban J connectivity index is 2.42. The number of rotatable bonds is 3. The van der Waals surface area contributed by atoms with E-state index in [9.17, 15) is 8.42 Å². The van der Waals surface area contributed by atoms with Crippen molar-refractivity contribution >= 4 is 21.5 Å². The Morgan fingerprint density at radius 1 is 1.44 bits per heavy atom. The highest BCUT2D eigenvalue weighted by atomic mass is 32.2. The van der Waals surface area contributed by atoms with Crippen molar-refractivity contribution in [1.82, 2.24) is 0 Å². The molecule has 5 nitrogen and oxygen atoms in total. The molecule has 1 aromatic rings. The Morgan fingerprint density at radius 3 is 2.83 bits per heavy atom. The fraction of sp³-hybridized carbons (Fsp3) is 0.417. The fourth-order valence-corrected chi connectivity index (χ4v) is 3.00. The van der Waals surface area contributed by atoms with Crippen LogP contribution >= 0.6 is 0 Å². The average Bonchev–Trinajstić information content (AvgIpc) is 2.23. The molecule has 0 aromatic heterocycles. The minimum atomic E-state index is -3.46. The second kappa shape index (κ2) is 4.61. The first-order valence-corrected chi connectivity index (χ1v) is 7.44. The van der Waals surface area contributed by atoms with Gasteiger partial charge >= 0.3 is 0 Å². The molecule has 0 fully saturated rings. The van der Waals surface area contributed by atoms with Crippen LogP contribution in [0.5, 0.6) is 0 Å². The number of anilines is 1. The van der Waals surface area contributed by atoms with Crippen LogP contribution in [-0.2, 0) is 15.8 Å². The van der Waals surface area contributed by atoms with Gasteiger partial charge in [-0.25, -0.2) is 8.42 Å². The van der Waals surface area contributed by atoms with Gasteiger partial charge in [0.2, 0.25) is 0 Å². The molecule has 1 aliphatic heterocycles. The third-order valence-corrected chi connectivity index (χ3v) is 3.83. The van der Waals surface area contributed by atoms with Crippen LogP contribution in [0.25, 0.3) is 0 Å². The van der Waals surface area contributed by atoms with Crippen LogP contribution in [0.2, 0.25) is 0 Å². The van der Waals surface area contributed by atoms with Crippen LogP contribution in [0.3, 0.4) is 0 Å². The van der Waals surface area contributed by atoms with Crippen LogP contribution in [0.4, 0.5) is 5.69 Å². The first-order valence-electron chi connectivity index (χ1n) is 5.83. The predicted molar refractivity (Wildman–Crippen MR) is 73.1 cm³/mol. The zero-order chi connectivity index (χ0) is 13.3. The van der Waals surface area contributed by atoms with Gasteiger partial charge in [0.15, 0.2) is 0 Å². The van der Waals surface area contributed by atoms with Crippen LogP contribution < -0.4 is 11.1 Å². The lowest BCUT2D eigenvalue weighted by Crippen LogP contribution is -2.25. The molecule has 18 heavy (non-hydrogen) atoms. The smallest absolute Gasteiger partial charge is 0.259 e. The average molecular weight is 267 g/mol. The minimum absolute atomic E-state index is 0.0723. The normalized spacial score (nSPS) is 17.2. The maximum atomic E-state index is 11.5. The first-order chi connectivity index (χ1) is 8.39. The number of nitrogens with one attached hydrogen (secondary N) is 1.